The number of H-pyrrole nitrogens is 1. The fraction of sp³-hybridized carbons (Fsp3) is 0.160. The third-order valence-corrected chi connectivity index (χ3v) is 4.91. The van der Waals surface area contributed by atoms with E-state index in [0.717, 1.165) is 5.56 Å². The number of amides is 1. The van der Waals surface area contributed by atoms with Crippen LogP contribution >= 0.6 is 11.6 Å². The second-order valence-corrected chi connectivity index (χ2v) is 7.58. The molecule has 0 aliphatic carbocycles. The van der Waals surface area contributed by atoms with E-state index in [9.17, 15) is 9.59 Å². The van der Waals surface area contributed by atoms with Gasteiger partial charge in [0.05, 0.1) is 6.20 Å². The van der Waals surface area contributed by atoms with Crippen LogP contribution < -0.4 is 5.32 Å². The number of imidazole rings is 1. The van der Waals surface area contributed by atoms with Crippen LogP contribution in [0.3, 0.4) is 0 Å². The summed E-state index contributed by atoms with van der Waals surface area (Å²) < 4.78 is 0. The van der Waals surface area contributed by atoms with Crippen LogP contribution in [0.5, 0.6) is 0 Å². The van der Waals surface area contributed by atoms with Gasteiger partial charge in [0.2, 0.25) is 5.78 Å². The number of hydrogen-bond acceptors (Lipinski definition) is 4. The molecule has 0 spiro atoms. The van der Waals surface area contributed by atoms with Gasteiger partial charge in [-0.25, -0.2) is 4.98 Å². The molecule has 1 aromatic carbocycles. The first-order valence-electron chi connectivity index (χ1n) is 10.2. The van der Waals surface area contributed by atoms with Crippen molar-refractivity contribution in [1.82, 2.24) is 20.2 Å². The number of aromatic amines is 1. The van der Waals surface area contributed by atoms with E-state index in [0.29, 0.717) is 36.5 Å². The molecular weight excluding hydrogens is 424 g/mol. The maximum atomic E-state index is 13.1. The summed E-state index contributed by atoms with van der Waals surface area (Å²) in [6.07, 6.45) is 17.2. The van der Waals surface area contributed by atoms with Crippen LogP contribution in [0.15, 0.2) is 91.5 Å². The number of nitrogens with zero attached hydrogens (tertiary/aromatic N) is 2. The standard InChI is InChI=1S/C25H25ClN4O2/c1-2-3-7-14-27-25(32)22-16-28-24(29-22)23(31)20-9-6-4-5-8-15-30(18-20)17-19-10-12-21(26)13-11-19/h2,4-8,10-14,16,18H,1,3,9,15,17H2,(H,27,32)(H,28,29)/b6-4-,8-5-,14-7+,20-18+. The van der Waals surface area contributed by atoms with Crippen LogP contribution in [-0.2, 0) is 6.54 Å². The molecule has 2 N–H and O–H groups in total. The SMILES string of the molecule is C=CC/C=C/NC(=O)c1cnc(C(=O)/C2=C/N(Cc3ccc(Cl)cc3)C/C=C\C=C/C2)[nH]1. The number of nitrogens with one attached hydrogen (secondary N) is 2. The first kappa shape index (κ1) is 23.0. The minimum atomic E-state index is -0.367. The lowest BCUT2D eigenvalue weighted by molar-refractivity contribution is 0.0965. The van der Waals surface area contributed by atoms with Gasteiger partial charge in [-0.05, 0) is 30.5 Å². The van der Waals surface area contributed by atoms with E-state index in [1.54, 1.807) is 18.4 Å². The number of hydrogen-bond donors (Lipinski definition) is 2. The fourth-order valence-electron chi connectivity index (χ4n) is 3.04. The molecule has 0 saturated heterocycles. The molecule has 6 nitrogen and oxygen atoms in total. The zero-order valence-electron chi connectivity index (χ0n) is 17.6. The Bertz CT molecular complexity index is 1080. The van der Waals surface area contributed by atoms with Crippen LogP contribution in [0.4, 0.5) is 0 Å². The summed E-state index contributed by atoms with van der Waals surface area (Å²) in [5.41, 5.74) is 1.88. The van der Waals surface area contributed by atoms with Crippen LogP contribution in [-0.4, -0.2) is 33.1 Å². The molecule has 7 heteroatoms. The van der Waals surface area contributed by atoms with E-state index >= 15 is 0 Å². The Kier molecular flexibility index (Phi) is 8.40. The predicted molar refractivity (Wildman–Crippen MR) is 127 cm³/mol. The van der Waals surface area contributed by atoms with Crippen molar-refractivity contribution in [1.29, 1.82) is 0 Å². The summed E-state index contributed by atoms with van der Waals surface area (Å²) >= 11 is 5.99. The highest BCUT2D eigenvalue weighted by atomic mass is 35.5. The third-order valence-electron chi connectivity index (χ3n) is 4.66. The Morgan fingerprint density at radius 1 is 1.22 bits per heavy atom. The third kappa shape index (κ3) is 6.68. The van der Waals surface area contributed by atoms with E-state index in [1.165, 1.54) is 6.20 Å². The van der Waals surface area contributed by atoms with Crippen LogP contribution in [0.25, 0.3) is 0 Å². The molecule has 1 aromatic heterocycles. The zero-order valence-corrected chi connectivity index (χ0v) is 18.4. The van der Waals surface area contributed by atoms with Crippen molar-refractivity contribution in [2.45, 2.75) is 19.4 Å². The molecule has 0 bridgehead atoms. The second-order valence-electron chi connectivity index (χ2n) is 7.15. The lowest BCUT2D eigenvalue weighted by Crippen LogP contribution is -2.20. The summed E-state index contributed by atoms with van der Waals surface area (Å²) in [5.74, 6) is -0.490. The van der Waals surface area contributed by atoms with Crippen LogP contribution in [0.1, 0.15) is 39.5 Å². The first-order chi connectivity index (χ1) is 15.6. The van der Waals surface area contributed by atoms with Gasteiger partial charge in [0.1, 0.15) is 5.69 Å². The molecule has 2 aromatic rings. The molecule has 0 atom stereocenters. The Labute approximate surface area is 192 Å². The van der Waals surface area contributed by atoms with Crippen molar-refractivity contribution in [3.8, 4) is 0 Å². The second kappa shape index (κ2) is 11.7. The van der Waals surface area contributed by atoms with Crippen molar-refractivity contribution in [2.75, 3.05) is 6.54 Å². The minimum Gasteiger partial charge on any atom is -0.369 e. The number of halogens is 1. The van der Waals surface area contributed by atoms with Gasteiger partial charge in [0, 0.05) is 36.1 Å². The smallest absolute Gasteiger partial charge is 0.273 e. The number of carbonyl (C=O) groups is 2. The maximum absolute atomic E-state index is 13.1. The van der Waals surface area contributed by atoms with Crippen molar-refractivity contribution < 1.29 is 9.59 Å². The van der Waals surface area contributed by atoms with Gasteiger partial charge < -0.3 is 15.2 Å². The number of benzene rings is 1. The molecule has 0 radical (unpaired) electrons. The average molecular weight is 449 g/mol. The number of ketones is 1. The summed E-state index contributed by atoms with van der Waals surface area (Å²) in [6.45, 7) is 4.88. The summed E-state index contributed by atoms with van der Waals surface area (Å²) in [5, 5.41) is 3.31. The monoisotopic (exact) mass is 448 g/mol. The molecule has 1 amide bonds. The van der Waals surface area contributed by atoms with Crippen molar-refractivity contribution in [3.63, 3.8) is 0 Å². The summed E-state index contributed by atoms with van der Waals surface area (Å²) in [7, 11) is 0. The Hall–Kier alpha value is -3.64. The van der Waals surface area contributed by atoms with Gasteiger partial charge in [0.25, 0.3) is 5.91 Å². The van der Waals surface area contributed by atoms with E-state index in [-0.39, 0.29) is 23.2 Å². The van der Waals surface area contributed by atoms with Gasteiger partial charge >= 0.3 is 0 Å². The topological polar surface area (TPSA) is 78.1 Å². The van der Waals surface area contributed by atoms with Crippen molar-refractivity contribution in [3.05, 3.63) is 114 Å². The molecule has 0 fully saturated rings. The highest BCUT2D eigenvalue weighted by Gasteiger charge is 2.18. The lowest BCUT2D eigenvalue weighted by atomic mass is 10.1. The Morgan fingerprint density at radius 3 is 2.78 bits per heavy atom. The normalized spacial score (nSPS) is 17.5. The molecule has 1 aliphatic rings. The van der Waals surface area contributed by atoms with Gasteiger partial charge in [-0.15, -0.1) is 6.58 Å². The van der Waals surface area contributed by atoms with E-state index < -0.39 is 0 Å². The first-order valence-corrected chi connectivity index (χ1v) is 10.6. The molecule has 3 rings (SSSR count). The molecule has 0 unspecified atom stereocenters. The van der Waals surface area contributed by atoms with Crippen LogP contribution in [0.2, 0.25) is 5.02 Å². The molecule has 2 heterocycles. The zero-order chi connectivity index (χ0) is 22.8. The van der Waals surface area contributed by atoms with Crippen molar-refractivity contribution in [2.24, 2.45) is 0 Å². The number of aromatic nitrogens is 2. The fourth-order valence-corrected chi connectivity index (χ4v) is 3.17. The summed E-state index contributed by atoms with van der Waals surface area (Å²) in [4.78, 5) is 34.4. The van der Waals surface area contributed by atoms with E-state index in [4.69, 9.17) is 11.6 Å². The number of allylic oxidation sites excluding steroid dienone is 6. The minimum absolute atomic E-state index is 0.128. The van der Waals surface area contributed by atoms with Crippen molar-refractivity contribution >= 4 is 23.3 Å². The Balaban J connectivity index is 1.76. The van der Waals surface area contributed by atoms with Crippen LogP contribution in [0, 0.1) is 0 Å². The molecule has 32 heavy (non-hydrogen) atoms. The number of Topliss-reactive ketones (excluding diaryl/α,β-unsaturated/α-hetero) is 1. The predicted octanol–water partition coefficient (Wildman–Crippen LogP) is 4.97. The average Bonchev–Trinajstić information content (AvgIpc) is 3.32. The Morgan fingerprint density at radius 2 is 2.00 bits per heavy atom. The van der Waals surface area contributed by atoms with Gasteiger partial charge in [-0.2, -0.15) is 0 Å². The van der Waals surface area contributed by atoms with Gasteiger partial charge in [-0.1, -0.05) is 60.2 Å². The molecule has 0 saturated carbocycles. The largest absolute Gasteiger partial charge is 0.369 e. The summed E-state index contributed by atoms with van der Waals surface area (Å²) in [6, 6.07) is 7.63. The maximum Gasteiger partial charge on any atom is 0.273 e. The van der Waals surface area contributed by atoms with Gasteiger partial charge in [0.15, 0.2) is 5.82 Å². The van der Waals surface area contributed by atoms with E-state index in [1.807, 2.05) is 54.8 Å². The highest BCUT2D eigenvalue weighted by Crippen LogP contribution is 2.17. The lowest BCUT2D eigenvalue weighted by Gasteiger charge is -2.20. The molecule has 1 aliphatic heterocycles. The quantitative estimate of drug-likeness (QED) is 0.441. The molecule has 164 valence electrons. The number of carbonyl (C=O) groups excluding carboxylic acids is 2. The molecular formula is C25H25ClN4O2. The number of rotatable bonds is 8. The van der Waals surface area contributed by atoms with E-state index in [2.05, 4.69) is 26.8 Å². The van der Waals surface area contributed by atoms with Gasteiger partial charge in [-0.3, -0.25) is 9.59 Å². The highest BCUT2D eigenvalue weighted by molar-refractivity contribution is 6.30.